The van der Waals surface area contributed by atoms with Gasteiger partial charge in [-0.15, -0.1) is 0 Å². The van der Waals surface area contributed by atoms with E-state index in [9.17, 15) is 30.8 Å². The highest BCUT2D eigenvalue weighted by Gasteiger charge is 2.48. The highest BCUT2D eigenvalue weighted by Crippen LogP contribution is 2.37. The van der Waals surface area contributed by atoms with E-state index in [1.165, 1.54) is 4.90 Å². The molecule has 0 unspecified atom stereocenters. The Hall–Kier alpha value is -2.04. The third kappa shape index (κ3) is 3.31. The van der Waals surface area contributed by atoms with Crippen molar-refractivity contribution in [2.45, 2.75) is 29.3 Å². The maximum absolute atomic E-state index is 13.4. The fourth-order valence-corrected chi connectivity index (χ4v) is 4.33. The van der Waals surface area contributed by atoms with E-state index in [2.05, 4.69) is 5.32 Å². The lowest BCUT2D eigenvalue weighted by molar-refractivity contribution is -0.0435. The molecular weight excluding hydrogens is 378 g/mol. The van der Waals surface area contributed by atoms with Crippen LogP contribution in [0.3, 0.4) is 0 Å². The molecular formula is C15H17F4N3O3S. The molecule has 0 spiro atoms. The summed E-state index contributed by atoms with van der Waals surface area (Å²) in [6, 6.07) is 2.15. The van der Waals surface area contributed by atoms with Gasteiger partial charge in [0, 0.05) is 32.2 Å². The lowest BCUT2D eigenvalue weighted by Crippen LogP contribution is -2.46. The number of anilines is 1. The van der Waals surface area contributed by atoms with Crippen molar-refractivity contribution in [3.05, 3.63) is 24.0 Å². The average molecular weight is 395 g/mol. The van der Waals surface area contributed by atoms with E-state index < -0.39 is 26.1 Å². The van der Waals surface area contributed by atoms with Gasteiger partial charge in [-0.05, 0) is 31.0 Å². The number of nitrogens with zero attached hydrogens (tertiary/aromatic N) is 2. The molecule has 1 aromatic rings. The minimum atomic E-state index is -5.67. The number of benzene rings is 1. The fourth-order valence-electron chi connectivity index (χ4n) is 3.34. The smallest absolute Gasteiger partial charge is 0.370 e. The molecule has 2 heterocycles. The quantitative estimate of drug-likeness (QED) is 0.796. The topological polar surface area (TPSA) is 69.7 Å². The summed E-state index contributed by atoms with van der Waals surface area (Å²) in [5.41, 5.74) is -5.69. The van der Waals surface area contributed by atoms with Crippen LogP contribution < -0.4 is 10.2 Å². The molecule has 2 amide bonds. The summed E-state index contributed by atoms with van der Waals surface area (Å²) in [6.07, 6.45) is 0.965. The van der Waals surface area contributed by atoms with Crippen molar-refractivity contribution in [1.82, 2.24) is 10.2 Å². The maximum atomic E-state index is 13.4. The van der Waals surface area contributed by atoms with Crippen LogP contribution in [0.4, 0.5) is 28.0 Å². The molecule has 0 bridgehead atoms. The van der Waals surface area contributed by atoms with Crippen LogP contribution in [0.2, 0.25) is 0 Å². The second-order valence-corrected chi connectivity index (χ2v) is 8.11. The van der Waals surface area contributed by atoms with Gasteiger partial charge >= 0.3 is 11.5 Å². The Morgan fingerprint density at radius 1 is 1.12 bits per heavy atom. The Kier molecular flexibility index (Phi) is 4.76. The van der Waals surface area contributed by atoms with E-state index in [0.29, 0.717) is 32.0 Å². The number of halogens is 4. The minimum Gasteiger partial charge on any atom is -0.370 e. The van der Waals surface area contributed by atoms with Gasteiger partial charge in [0.1, 0.15) is 10.7 Å². The monoisotopic (exact) mass is 395 g/mol. The summed E-state index contributed by atoms with van der Waals surface area (Å²) in [5, 5.41) is 2.69. The first-order valence-corrected chi connectivity index (χ1v) is 9.50. The molecule has 2 saturated heterocycles. The zero-order valence-electron chi connectivity index (χ0n) is 13.6. The van der Waals surface area contributed by atoms with Gasteiger partial charge in [-0.25, -0.2) is 17.6 Å². The Morgan fingerprint density at radius 2 is 1.77 bits per heavy atom. The van der Waals surface area contributed by atoms with Gasteiger partial charge in [-0.1, -0.05) is 0 Å². The SMILES string of the molecule is O=C1NCCN1C1CCN(c2ccc(F)cc2S(=O)(=O)C(F)(F)F)CC1. The Labute approximate surface area is 147 Å². The summed E-state index contributed by atoms with van der Waals surface area (Å²) in [6.45, 7) is 1.64. The molecule has 2 fully saturated rings. The third-order valence-electron chi connectivity index (χ3n) is 4.65. The van der Waals surface area contributed by atoms with Crippen LogP contribution in [-0.4, -0.2) is 57.1 Å². The number of carbonyl (C=O) groups is 1. The van der Waals surface area contributed by atoms with Crippen LogP contribution in [0.25, 0.3) is 0 Å². The van der Waals surface area contributed by atoms with Gasteiger partial charge < -0.3 is 15.1 Å². The molecule has 11 heteroatoms. The largest absolute Gasteiger partial charge is 0.501 e. The number of sulfone groups is 1. The number of piperidine rings is 1. The molecule has 144 valence electrons. The minimum absolute atomic E-state index is 0.0585. The first-order valence-electron chi connectivity index (χ1n) is 8.01. The number of carbonyl (C=O) groups excluding carboxylic acids is 1. The van der Waals surface area contributed by atoms with Crippen molar-refractivity contribution in [3.63, 3.8) is 0 Å². The van der Waals surface area contributed by atoms with Gasteiger partial charge in [0.25, 0.3) is 9.84 Å². The molecule has 6 nitrogen and oxygen atoms in total. The van der Waals surface area contributed by atoms with Gasteiger partial charge in [0.2, 0.25) is 0 Å². The fraction of sp³-hybridized carbons (Fsp3) is 0.533. The standard InChI is InChI=1S/C15H17F4N3O3S/c16-10-1-2-12(13(9-10)26(24,25)15(17,18)19)21-6-3-11(4-7-21)22-8-5-20-14(22)23/h1-2,9,11H,3-8H2,(H,20,23). The molecule has 2 aliphatic rings. The lowest BCUT2D eigenvalue weighted by Gasteiger charge is -2.37. The van der Waals surface area contributed by atoms with E-state index in [1.807, 2.05) is 0 Å². The molecule has 26 heavy (non-hydrogen) atoms. The summed E-state index contributed by atoms with van der Waals surface area (Å²) in [5.74, 6) is -1.06. The molecule has 0 aliphatic carbocycles. The zero-order valence-corrected chi connectivity index (χ0v) is 14.4. The van der Waals surface area contributed by atoms with Gasteiger partial charge in [0.05, 0.1) is 5.69 Å². The predicted molar refractivity (Wildman–Crippen MR) is 85.0 cm³/mol. The summed E-state index contributed by atoms with van der Waals surface area (Å²) in [4.78, 5) is 13.8. The van der Waals surface area contributed by atoms with Gasteiger partial charge in [-0.3, -0.25) is 0 Å². The van der Waals surface area contributed by atoms with Crippen molar-refractivity contribution in [2.24, 2.45) is 0 Å². The maximum Gasteiger partial charge on any atom is 0.501 e. The van der Waals surface area contributed by atoms with Crippen LogP contribution in [0.1, 0.15) is 12.8 Å². The molecule has 0 radical (unpaired) electrons. The van der Waals surface area contributed by atoms with E-state index in [4.69, 9.17) is 0 Å². The van der Waals surface area contributed by atoms with Crippen LogP contribution in [0.5, 0.6) is 0 Å². The molecule has 2 aliphatic heterocycles. The second kappa shape index (κ2) is 6.60. The number of rotatable bonds is 3. The first kappa shape index (κ1) is 18.7. The number of hydrogen-bond donors (Lipinski definition) is 1. The Morgan fingerprint density at radius 3 is 2.31 bits per heavy atom. The number of hydrogen-bond acceptors (Lipinski definition) is 4. The first-order chi connectivity index (χ1) is 12.1. The molecule has 0 aromatic heterocycles. The molecule has 0 atom stereocenters. The van der Waals surface area contributed by atoms with Crippen LogP contribution >= 0.6 is 0 Å². The van der Waals surface area contributed by atoms with Crippen molar-refractivity contribution < 1.29 is 30.8 Å². The highest BCUT2D eigenvalue weighted by molar-refractivity contribution is 7.92. The van der Waals surface area contributed by atoms with Crippen LogP contribution in [-0.2, 0) is 9.84 Å². The number of urea groups is 1. The number of nitrogens with one attached hydrogen (secondary N) is 1. The van der Waals surface area contributed by atoms with Crippen LogP contribution in [0.15, 0.2) is 23.1 Å². The predicted octanol–water partition coefficient (Wildman–Crippen LogP) is 2.11. The summed E-state index contributed by atoms with van der Waals surface area (Å²) >= 11 is 0. The molecule has 1 N–H and O–H groups in total. The average Bonchev–Trinajstić information content (AvgIpc) is 3.00. The number of alkyl halides is 3. The highest BCUT2D eigenvalue weighted by atomic mass is 32.2. The van der Waals surface area contributed by atoms with Crippen molar-refractivity contribution in [1.29, 1.82) is 0 Å². The van der Waals surface area contributed by atoms with E-state index in [0.717, 1.165) is 12.1 Å². The van der Waals surface area contributed by atoms with E-state index in [1.54, 1.807) is 4.90 Å². The molecule has 3 rings (SSSR count). The van der Waals surface area contributed by atoms with Crippen LogP contribution in [0, 0.1) is 5.82 Å². The zero-order chi connectivity index (χ0) is 19.1. The molecule has 1 aromatic carbocycles. The Bertz CT molecular complexity index is 805. The van der Waals surface area contributed by atoms with Crippen molar-refractivity contribution in [3.8, 4) is 0 Å². The third-order valence-corrected chi connectivity index (χ3v) is 6.17. The lowest BCUT2D eigenvalue weighted by atomic mass is 10.0. The molecule has 0 saturated carbocycles. The summed E-state index contributed by atoms with van der Waals surface area (Å²) < 4.78 is 75.8. The van der Waals surface area contributed by atoms with E-state index >= 15 is 0 Å². The van der Waals surface area contributed by atoms with Gasteiger partial charge in [0.15, 0.2) is 0 Å². The van der Waals surface area contributed by atoms with Gasteiger partial charge in [-0.2, -0.15) is 13.2 Å². The van der Waals surface area contributed by atoms with Crippen molar-refractivity contribution in [2.75, 3.05) is 31.1 Å². The van der Waals surface area contributed by atoms with Crippen molar-refractivity contribution >= 4 is 21.6 Å². The summed E-state index contributed by atoms with van der Waals surface area (Å²) in [7, 11) is -5.67. The second-order valence-electron chi connectivity index (χ2n) is 6.20. The Balaban J connectivity index is 1.84. The van der Waals surface area contributed by atoms with E-state index in [-0.39, 0.29) is 30.8 Å². The normalized spacial score (nSPS) is 19.8. The number of amides is 2.